The zero-order valence-corrected chi connectivity index (χ0v) is 11.8. The van der Waals surface area contributed by atoms with Gasteiger partial charge in [0.2, 0.25) is 0 Å². The van der Waals surface area contributed by atoms with Crippen molar-refractivity contribution in [3.8, 4) is 0 Å². The van der Waals surface area contributed by atoms with Gasteiger partial charge in [0.15, 0.2) is 0 Å². The van der Waals surface area contributed by atoms with Gasteiger partial charge in [0.05, 0.1) is 5.56 Å². The van der Waals surface area contributed by atoms with Gasteiger partial charge < -0.3 is 5.11 Å². The van der Waals surface area contributed by atoms with E-state index in [4.69, 9.17) is 5.11 Å². The van der Waals surface area contributed by atoms with Crippen LogP contribution in [0.1, 0.15) is 40.4 Å². The molecule has 4 nitrogen and oxygen atoms in total. The zero-order valence-electron chi connectivity index (χ0n) is 11.8. The quantitative estimate of drug-likeness (QED) is 0.936. The zero-order chi connectivity index (χ0) is 14.7. The van der Waals surface area contributed by atoms with Crippen LogP contribution < -0.4 is 0 Å². The Labute approximate surface area is 124 Å². The average Bonchev–Trinajstić information content (AvgIpc) is 2.96. The van der Waals surface area contributed by atoms with Gasteiger partial charge in [-0.25, -0.2) is 4.79 Å². The molecule has 0 saturated carbocycles. The van der Waals surface area contributed by atoms with E-state index in [0.29, 0.717) is 11.6 Å². The lowest BCUT2D eigenvalue weighted by atomic mass is 10.1. The number of likely N-dealkylation sites (tertiary alicyclic amines) is 1. The molecule has 108 valence electrons. The minimum absolute atomic E-state index is 0.354. The highest BCUT2D eigenvalue weighted by Gasteiger charge is 2.25. The maximum atomic E-state index is 11.1. The highest BCUT2D eigenvalue weighted by molar-refractivity contribution is 5.87. The maximum absolute atomic E-state index is 11.1. The minimum atomic E-state index is -0.871. The molecule has 1 aliphatic heterocycles. The number of benzene rings is 1. The monoisotopic (exact) mass is 282 g/mol. The molecule has 1 aromatic heterocycles. The van der Waals surface area contributed by atoms with Crippen LogP contribution in [0.15, 0.2) is 48.8 Å². The van der Waals surface area contributed by atoms with Crippen LogP contribution in [0, 0.1) is 0 Å². The predicted octanol–water partition coefficient (Wildman–Crippen LogP) is 3.12. The fraction of sp³-hybridized carbons (Fsp3) is 0.294. The number of hydrogen-bond acceptors (Lipinski definition) is 3. The van der Waals surface area contributed by atoms with Gasteiger partial charge in [-0.3, -0.25) is 9.88 Å². The molecule has 1 fully saturated rings. The first kappa shape index (κ1) is 13.8. The van der Waals surface area contributed by atoms with Crippen LogP contribution in [-0.2, 0) is 6.54 Å². The summed E-state index contributed by atoms with van der Waals surface area (Å²) in [5.74, 6) is -0.871. The van der Waals surface area contributed by atoms with Gasteiger partial charge in [0.25, 0.3) is 0 Å². The van der Waals surface area contributed by atoms with Gasteiger partial charge in [-0.1, -0.05) is 12.1 Å². The third kappa shape index (κ3) is 3.11. The average molecular weight is 282 g/mol. The van der Waals surface area contributed by atoms with Crippen molar-refractivity contribution in [1.29, 1.82) is 0 Å². The number of aromatic nitrogens is 1. The molecule has 0 radical (unpaired) electrons. The summed E-state index contributed by atoms with van der Waals surface area (Å²) in [7, 11) is 0. The second kappa shape index (κ2) is 6.06. The van der Waals surface area contributed by atoms with Crippen molar-refractivity contribution >= 4 is 5.97 Å². The smallest absolute Gasteiger partial charge is 0.335 e. The molecule has 1 saturated heterocycles. The first-order valence-corrected chi connectivity index (χ1v) is 7.20. The van der Waals surface area contributed by atoms with Crippen LogP contribution in [0.5, 0.6) is 0 Å². The van der Waals surface area contributed by atoms with Crippen LogP contribution in [0.25, 0.3) is 0 Å². The van der Waals surface area contributed by atoms with E-state index in [1.54, 1.807) is 12.1 Å². The van der Waals surface area contributed by atoms with Crippen molar-refractivity contribution in [1.82, 2.24) is 9.88 Å². The molecule has 2 heterocycles. The molecule has 1 aliphatic rings. The summed E-state index contributed by atoms with van der Waals surface area (Å²) in [5.41, 5.74) is 2.69. The van der Waals surface area contributed by atoms with Gasteiger partial charge >= 0.3 is 5.97 Å². The van der Waals surface area contributed by atoms with E-state index in [9.17, 15) is 4.79 Å². The number of nitrogens with zero attached hydrogens (tertiary/aromatic N) is 2. The predicted molar refractivity (Wildman–Crippen MR) is 80.0 cm³/mol. The normalized spacial score (nSPS) is 18.8. The molecule has 1 atom stereocenters. The summed E-state index contributed by atoms with van der Waals surface area (Å²) in [6.07, 6.45) is 5.97. The van der Waals surface area contributed by atoms with Gasteiger partial charge in [-0.05, 0) is 54.8 Å². The molecule has 1 unspecified atom stereocenters. The number of carboxylic acids is 1. The molecule has 0 bridgehead atoms. The van der Waals surface area contributed by atoms with Crippen molar-refractivity contribution in [2.24, 2.45) is 0 Å². The van der Waals surface area contributed by atoms with Crippen molar-refractivity contribution in [3.63, 3.8) is 0 Å². The fourth-order valence-electron chi connectivity index (χ4n) is 3.02. The molecule has 4 heteroatoms. The lowest BCUT2D eigenvalue weighted by molar-refractivity contribution is 0.0696. The van der Waals surface area contributed by atoms with E-state index in [2.05, 4.69) is 22.0 Å². The number of carboxylic acid groups (broad SMARTS) is 1. The Balaban J connectivity index is 1.78. The van der Waals surface area contributed by atoms with E-state index in [1.807, 2.05) is 24.5 Å². The Bertz CT molecular complexity index is 628. The van der Waals surface area contributed by atoms with Gasteiger partial charge in [-0.15, -0.1) is 0 Å². The maximum Gasteiger partial charge on any atom is 0.335 e. The van der Waals surface area contributed by atoms with Crippen LogP contribution >= 0.6 is 0 Å². The molecule has 0 spiro atoms. The Morgan fingerprint density at radius 1 is 1.29 bits per heavy atom. The Hall–Kier alpha value is -2.20. The summed E-state index contributed by atoms with van der Waals surface area (Å²) >= 11 is 0. The van der Waals surface area contributed by atoms with E-state index in [0.717, 1.165) is 25.1 Å². The second-order valence-corrected chi connectivity index (χ2v) is 5.41. The number of hydrogen-bond donors (Lipinski definition) is 1. The standard InChI is InChI=1S/C17H18N2O2/c20-17(21)15-4-1-3-13(11-15)12-19-10-2-5-16(19)14-6-8-18-9-7-14/h1,3-4,6-9,11,16H,2,5,10,12H2,(H,20,21). The SMILES string of the molecule is O=C(O)c1cccc(CN2CCCC2c2ccncc2)c1. The largest absolute Gasteiger partial charge is 0.478 e. The third-order valence-electron chi connectivity index (χ3n) is 4.01. The van der Waals surface area contributed by atoms with Crippen molar-refractivity contribution in [3.05, 3.63) is 65.5 Å². The summed E-state index contributed by atoms with van der Waals surface area (Å²) < 4.78 is 0. The van der Waals surface area contributed by atoms with Gasteiger partial charge in [0.1, 0.15) is 0 Å². The van der Waals surface area contributed by atoms with E-state index in [-0.39, 0.29) is 0 Å². The van der Waals surface area contributed by atoms with Crippen LogP contribution in [0.4, 0.5) is 0 Å². The molecule has 0 aliphatic carbocycles. The lowest BCUT2D eigenvalue weighted by Crippen LogP contribution is -2.22. The highest BCUT2D eigenvalue weighted by Crippen LogP contribution is 2.32. The number of rotatable bonds is 4. The molecular weight excluding hydrogens is 264 g/mol. The highest BCUT2D eigenvalue weighted by atomic mass is 16.4. The second-order valence-electron chi connectivity index (χ2n) is 5.41. The molecular formula is C17H18N2O2. The van der Waals surface area contributed by atoms with E-state index in [1.165, 1.54) is 12.0 Å². The number of pyridine rings is 1. The summed E-state index contributed by atoms with van der Waals surface area (Å²) in [6, 6.07) is 11.7. The lowest BCUT2D eigenvalue weighted by Gasteiger charge is -2.24. The molecule has 0 amide bonds. The first-order chi connectivity index (χ1) is 10.2. The third-order valence-corrected chi connectivity index (χ3v) is 4.01. The van der Waals surface area contributed by atoms with Gasteiger partial charge in [0, 0.05) is 25.0 Å². The summed E-state index contributed by atoms with van der Waals surface area (Å²) in [6.45, 7) is 1.83. The van der Waals surface area contributed by atoms with E-state index < -0.39 is 5.97 Å². The molecule has 1 N–H and O–H groups in total. The molecule has 2 aromatic rings. The minimum Gasteiger partial charge on any atom is -0.478 e. The Kier molecular flexibility index (Phi) is 3.97. The van der Waals surface area contributed by atoms with Crippen molar-refractivity contribution in [2.75, 3.05) is 6.54 Å². The van der Waals surface area contributed by atoms with Crippen LogP contribution in [-0.4, -0.2) is 27.5 Å². The topological polar surface area (TPSA) is 53.4 Å². The van der Waals surface area contributed by atoms with Crippen LogP contribution in [0.2, 0.25) is 0 Å². The molecule has 1 aromatic carbocycles. The van der Waals surface area contributed by atoms with Crippen molar-refractivity contribution in [2.45, 2.75) is 25.4 Å². The van der Waals surface area contributed by atoms with Gasteiger partial charge in [-0.2, -0.15) is 0 Å². The Morgan fingerprint density at radius 2 is 2.10 bits per heavy atom. The van der Waals surface area contributed by atoms with Crippen molar-refractivity contribution < 1.29 is 9.90 Å². The molecule has 21 heavy (non-hydrogen) atoms. The number of aromatic carboxylic acids is 1. The summed E-state index contributed by atoms with van der Waals surface area (Å²) in [5, 5.41) is 9.08. The first-order valence-electron chi connectivity index (χ1n) is 7.20. The fourth-order valence-corrected chi connectivity index (χ4v) is 3.02. The number of carbonyl (C=O) groups is 1. The van der Waals surface area contributed by atoms with Crippen LogP contribution in [0.3, 0.4) is 0 Å². The molecule has 3 rings (SSSR count). The Morgan fingerprint density at radius 3 is 2.86 bits per heavy atom. The summed E-state index contributed by atoms with van der Waals surface area (Å²) in [4.78, 5) is 17.5. The van der Waals surface area contributed by atoms with E-state index >= 15 is 0 Å².